The lowest BCUT2D eigenvalue weighted by Gasteiger charge is -2.14. The highest BCUT2D eigenvalue weighted by molar-refractivity contribution is 5.95. The number of aryl methyl sites for hydroxylation is 2. The van der Waals surface area contributed by atoms with Crippen molar-refractivity contribution >= 4 is 11.8 Å². The van der Waals surface area contributed by atoms with Crippen molar-refractivity contribution in [2.45, 2.75) is 20.8 Å². The summed E-state index contributed by atoms with van der Waals surface area (Å²) in [4.78, 5) is 24.3. The van der Waals surface area contributed by atoms with E-state index in [4.69, 9.17) is 14.2 Å². The van der Waals surface area contributed by atoms with Crippen LogP contribution in [-0.2, 0) is 4.79 Å². The summed E-state index contributed by atoms with van der Waals surface area (Å²) in [7, 11) is 3.04. The Balaban J connectivity index is 1.78. The summed E-state index contributed by atoms with van der Waals surface area (Å²) in [6.45, 7) is 6.42. The number of carbonyl (C=O) groups excluding carboxylic acids is 2. The van der Waals surface area contributed by atoms with E-state index >= 15 is 0 Å². The molecular formula is C22H28N2O5. The van der Waals surface area contributed by atoms with Gasteiger partial charge in [-0.05, 0) is 49.6 Å². The average Bonchev–Trinajstić information content (AvgIpc) is 2.73. The standard InChI is InChI=1S/C22H28N2O5/c1-14-6-7-15(2)21(16(14)3)29-13-20(25)23-8-9-24-22(26)17-10-18(27-4)12-19(11-17)28-5/h6-7,10-12H,8-9,13H2,1-5H3,(H,23,25)(H,24,26). The molecule has 0 spiro atoms. The molecule has 2 N–H and O–H groups in total. The van der Waals surface area contributed by atoms with Crippen molar-refractivity contribution in [3.05, 3.63) is 52.6 Å². The summed E-state index contributed by atoms with van der Waals surface area (Å²) >= 11 is 0. The van der Waals surface area contributed by atoms with Gasteiger partial charge in [0.2, 0.25) is 0 Å². The summed E-state index contributed by atoms with van der Waals surface area (Å²) in [6.07, 6.45) is 0. The van der Waals surface area contributed by atoms with Gasteiger partial charge in [-0.2, -0.15) is 0 Å². The number of amides is 2. The number of rotatable bonds is 9. The average molecular weight is 400 g/mol. The Hall–Kier alpha value is -3.22. The van der Waals surface area contributed by atoms with Crippen LogP contribution >= 0.6 is 0 Å². The molecule has 2 amide bonds. The topological polar surface area (TPSA) is 85.9 Å². The van der Waals surface area contributed by atoms with E-state index in [9.17, 15) is 9.59 Å². The van der Waals surface area contributed by atoms with E-state index in [0.717, 1.165) is 22.4 Å². The summed E-state index contributed by atoms with van der Waals surface area (Å²) in [6, 6.07) is 8.93. The van der Waals surface area contributed by atoms with Crippen molar-refractivity contribution in [3.63, 3.8) is 0 Å². The molecule has 0 aliphatic heterocycles. The van der Waals surface area contributed by atoms with Gasteiger partial charge in [-0.3, -0.25) is 9.59 Å². The lowest BCUT2D eigenvalue weighted by molar-refractivity contribution is -0.123. The monoisotopic (exact) mass is 400 g/mol. The highest BCUT2D eigenvalue weighted by atomic mass is 16.5. The minimum atomic E-state index is -0.279. The van der Waals surface area contributed by atoms with E-state index in [2.05, 4.69) is 10.6 Å². The Kier molecular flexibility index (Phi) is 7.88. The lowest BCUT2D eigenvalue weighted by atomic mass is 10.1. The van der Waals surface area contributed by atoms with E-state index in [0.29, 0.717) is 23.6 Å². The second-order valence-electron chi connectivity index (χ2n) is 6.65. The number of ether oxygens (including phenoxy) is 3. The summed E-state index contributed by atoms with van der Waals surface area (Å²) < 4.78 is 16.0. The molecule has 0 saturated carbocycles. The van der Waals surface area contributed by atoms with Crippen LogP contribution < -0.4 is 24.8 Å². The fourth-order valence-electron chi connectivity index (χ4n) is 2.75. The Morgan fingerprint density at radius 3 is 2.07 bits per heavy atom. The fraction of sp³-hybridized carbons (Fsp3) is 0.364. The Bertz CT molecular complexity index is 857. The SMILES string of the molecule is COc1cc(OC)cc(C(=O)NCCNC(=O)COc2c(C)ccc(C)c2C)c1. The molecule has 0 bridgehead atoms. The molecule has 0 aliphatic rings. The van der Waals surface area contributed by atoms with Gasteiger partial charge in [0, 0.05) is 24.7 Å². The molecule has 29 heavy (non-hydrogen) atoms. The quantitative estimate of drug-likeness (QED) is 0.632. The highest BCUT2D eigenvalue weighted by Crippen LogP contribution is 2.25. The molecule has 156 valence electrons. The van der Waals surface area contributed by atoms with Crippen molar-refractivity contribution in [1.29, 1.82) is 0 Å². The van der Waals surface area contributed by atoms with Gasteiger partial charge < -0.3 is 24.8 Å². The molecule has 0 heterocycles. The second kappa shape index (κ2) is 10.4. The predicted octanol–water partition coefficient (Wildman–Crippen LogP) is 2.55. The molecule has 7 heteroatoms. The third-order valence-corrected chi connectivity index (χ3v) is 4.57. The summed E-state index contributed by atoms with van der Waals surface area (Å²) in [5.41, 5.74) is 3.55. The van der Waals surface area contributed by atoms with Gasteiger partial charge in [-0.1, -0.05) is 12.1 Å². The largest absolute Gasteiger partial charge is 0.497 e. The van der Waals surface area contributed by atoms with E-state index in [-0.39, 0.29) is 25.0 Å². The van der Waals surface area contributed by atoms with Crippen LogP contribution in [0.25, 0.3) is 0 Å². The summed E-state index contributed by atoms with van der Waals surface area (Å²) in [5, 5.41) is 5.48. The van der Waals surface area contributed by atoms with Crippen LogP contribution in [-0.4, -0.2) is 45.7 Å². The van der Waals surface area contributed by atoms with Crippen molar-refractivity contribution in [1.82, 2.24) is 10.6 Å². The molecule has 0 atom stereocenters. The van der Waals surface area contributed by atoms with Crippen LogP contribution in [0.4, 0.5) is 0 Å². The number of hydrogen-bond donors (Lipinski definition) is 2. The zero-order valence-electron chi connectivity index (χ0n) is 17.5. The van der Waals surface area contributed by atoms with Gasteiger partial charge in [-0.25, -0.2) is 0 Å². The van der Waals surface area contributed by atoms with E-state index < -0.39 is 0 Å². The van der Waals surface area contributed by atoms with E-state index in [1.807, 2.05) is 32.9 Å². The Morgan fingerprint density at radius 2 is 1.45 bits per heavy atom. The maximum Gasteiger partial charge on any atom is 0.258 e. The van der Waals surface area contributed by atoms with E-state index in [1.54, 1.807) is 18.2 Å². The molecule has 0 fully saturated rings. The van der Waals surface area contributed by atoms with Crippen molar-refractivity contribution in [2.75, 3.05) is 33.9 Å². The van der Waals surface area contributed by atoms with E-state index in [1.165, 1.54) is 14.2 Å². The lowest BCUT2D eigenvalue weighted by Crippen LogP contribution is -2.36. The first-order valence-corrected chi connectivity index (χ1v) is 9.33. The number of nitrogens with one attached hydrogen (secondary N) is 2. The summed E-state index contributed by atoms with van der Waals surface area (Å²) in [5.74, 6) is 1.27. The molecule has 2 aromatic carbocycles. The van der Waals surface area contributed by atoms with Crippen LogP contribution in [0.3, 0.4) is 0 Å². The molecule has 7 nitrogen and oxygen atoms in total. The molecular weight excluding hydrogens is 372 g/mol. The van der Waals surface area contributed by atoms with Gasteiger partial charge in [0.25, 0.3) is 11.8 Å². The van der Waals surface area contributed by atoms with Gasteiger partial charge in [-0.15, -0.1) is 0 Å². The zero-order valence-corrected chi connectivity index (χ0v) is 17.5. The van der Waals surface area contributed by atoms with Crippen molar-refractivity contribution < 1.29 is 23.8 Å². The number of carbonyl (C=O) groups is 2. The van der Waals surface area contributed by atoms with Gasteiger partial charge in [0.15, 0.2) is 6.61 Å². The third kappa shape index (κ3) is 6.14. The van der Waals surface area contributed by atoms with Crippen molar-refractivity contribution in [3.8, 4) is 17.2 Å². The fourth-order valence-corrected chi connectivity index (χ4v) is 2.75. The molecule has 0 saturated heterocycles. The molecule has 0 unspecified atom stereocenters. The van der Waals surface area contributed by atoms with Crippen LogP contribution in [0.15, 0.2) is 30.3 Å². The number of hydrogen-bond acceptors (Lipinski definition) is 5. The molecule has 2 aromatic rings. The maximum absolute atomic E-state index is 12.3. The first-order valence-electron chi connectivity index (χ1n) is 9.33. The Labute approximate surface area is 171 Å². The normalized spacial score (nSPS) is 10.2. The van der Waals surface area contributed by atoms with Gasteiger partial charge in [0.05, 0.1) is 14.2 Å². The van der Waals surface area contributed by atoms with Crippen LogP contribution in [0.5, 0.6) is 17.2 Å². The number of methoxy groups -OCH3 is 2. The maximum atomic E-state index is 12.3. The minimum absolute atomic E-state index is 0.0772. The first kappa shape index (κ1) is 22.1. The smallest absolute Gasteiger partial charge is 0.258 e. The third-order valence-electron chi connectivity index (χ3n) is 4.57. The molecule has 0 aliphatic carbocycles. The Morgan fingerprint density at radius 1 is 0.862 bits per heavy atom. The molecule has 2 rings (SSSR count). The highest BCUT2D eigenvalue weighted by Gasteiger charge is 2.11. The molecule has 0 aromatic heterocycles. The molecule has 0 radical (unpaired) electrons. The zero-order chi connectivity index (χ0) is 21.4. The first-order chi connectivity index (χ1) is 13.8. The predicted molar refractivity (Wildman–Crippen MR) is 111 cm³/mol. The van der Waals surface area contributed by atoms with Crippen LogP contribution in [0.2, 0.25) is 0 Å². The van der Waals surface area contributed by atoms with Crippen LogP contribution in [0.1, 0.15) is 27.0 Å². The van der Waals surface area contributed by atoms with Gasteiger partial charge >= 0.3 is 0 Å². The van der Waals surface area contributed by atoms with Crippen molar-refractivity contribution in [2.24, 2.45) is 0 Å². The second-order valence-corrected chi connectivity index (χ2v) is 6.65. The van der Waals surface area contributed by atoms with Crippen LogP contribution in [0, 0.1) is 20.8 Å². The number of benzene rings is 2. The minimum Gasteiger partial charge on any atom is -0.497 e. The van der Waals surface area contributed by atoms with Gasteiger partial charge in [0.1, 0.15) is 17.2 Å².